The summed E-state index contributed by atoms with van der Waals surface area (Å²) in [6, 6.07) is 2.83. The highest BCUT2D eigenvalue weighted by molar-refractivity contribution is 7.89. The third-order valence-corrected chi connectivity index (χ3v) is 5.07. The van der Waals surface area contributed by atoms with Crippen molar-refractivity contribution in [2.75, 3.05) is 27.8 Å². The maximum atomic E-state index is 12.5. The zero-order valence-electron chi connectivity index (χ0n) is 12.9. The van der Waals surface area contributed by atoms with Crippen molar-refractivity contribution < 1.29 is 23.0 Å². The van der Waals surface area contributed by atoms with Gasteiger partial charge in [0.25, 0.3) is 0 Å². The smallest absolute Gasteiger partial charge is 0.242 e. The predicted molar refractivity (Wildman–Crippen MR) is 80.2 cm³/mol. The molecule has 21 heavy (non-hydrogen) atoms. The third-order valence-electron chi connectivity index (χ3n) is 3.23. The Labute approximate surface area is 126 Å². The van der Waals surface area contributed by atoms with Gasteiger partial charge in [-0.15, -0.1) is 0 Å². The molecule has 0 fully saturated rings. The fraction of sp³-hybridized carbons (Fsp3) is 0.571. The van der Waals surface area contributed by atoms with Crippen molar-refractivity contribution in [2.45, 2.75) is 31.3 Å². The summed E-state index contributed by atoms with van der Waals surface area (Å²) in [5, 5.41) is 9.40. The minimum absolute atomic E-state index is 0.0859. The first-order valence-electron chi connectivity index (χ1n) is 6.74. The summed E-state index contributed by atoms with van der Waals surface area (Å²) in [4.78, 5) is 0.0859. The van der Waals surface area contributed by atoms with Crippen LogP contribution in [0, 0.1) is 0 Å². The van der Waals surface area contributed by atoms with Gasteiger partial charge in [0.1, 0.15) is 0 Å². The maximum Gasteiger partial charge on any atom is 0.242 e. The molecule has 0 atom stereocenters. The fourth-order valence-corrected chi connectivity index (χ4v) is 3.24. The number of sulfonamides is 1. The van der Waals surface area contributed by atoms with E-state index in [4.69, 9.17) is 9.47 Å². The second-order valence-electron chi connectivity index (χ2n) is 4.66. The Morgan fingerprint density at radius 1 is 1.24 bits per heavy atom. The van der Waals surface area contributed by atoms with Crippen LogP contribution in [0.5, 0.6) is 11.5 Å². The van der Waals surface area contributed by atoms with Crippen molar-refractivity contribution in [2.24, 2.45) is 0 Å². The van der Waals surface area contributed by atoms with Crippen LogP contribution >= 0.6 is 0 Å². The van der Waals surface area contributed by atoms with Gasteiger partial charge < -0.3 is 14.6 Å². The van der Waals surface area contributed by atoms with E-state index in [1.54, 1.807) is 7.05 Å². The Morgan fingerprint density at radius 3 is 2.38 bits per heavy atom. The Bertz CT molecular complexity index is 546. The lowest BCUT2D eigenvalue weighted by Gasteiger charge is -2.19. The second kappa shape index (κ2) is 7.63. The number of aliphatic hydroxyl groups excluding tert-OH is 1. The van der Waals surface area contributed by atoms with Gasteiger partial charge >= 0.3 is 0 Å². The maximum absolute atomic E-state index is 12.5. The lowest BCUT2D eigenvalue weighted by Crippen LogP contribution is -2.28. The first kappa shape index (κ1) is 17.7. The van der Waals surface area contributed by atoms with Crippen molar-refractivity contribution in [3.63, 3.8) is 0 Å². The van der Waals surface area contributed by atoms with Crippen LogP contribution in [-0.2, 0) is 16.6 Å². The molecule has 0 saturated carbocycles. The van der Waals surface area contributed by atoms with Crippen molar-refractivity contribution >= 4 is 10.0 Å². The number of benzene rings is 1. The molecule has 1 aromatic carbocycles. The summed E-state index contributed by atoms with van der Waals surface area (Å²) < 4.78 is 36.7. The summed E-state index contributed by atoms with van der Waals surface area (Å²) in [7, 11) is 0.797. The van der Waals surface area contributed by atoms with Gasteiger partial charge in [-0.05, 0) is 12.5 Å². The van der Waals surface area contributed by atoms with E-state index in [9.17, 15) is 13.5 Å². The van der Waals surface area contributed by atoms with Gasteiger partial charge in [-0.3, -0.25) is 0 Å². The van der Waals surface area contributed by atoms with Crippen LogP contribution in [0.3, 0.4) is 0 Å². The number of hydrogen-bond acceptors (Lipinski definition) is 5. The monoisotopic (exact) mass is 317 g/mol. The average Bonchev–Trinajstić information content (AvgIpc) is 2.50. The van der Waals surface area contributed by atoms with Gasteiger partial charge in [0.05, 0.1) is 25.7 Å². The molecule has 0 saturated heterocycles. The lowest BCUT2D eigenvalue weighted by atomic mass is 10.2. The summed E-state index contributed by atoms with van der Waals surface area (Å²) in [6.45, 7) is 2.12. The molecule has 6 nitrogen and oxygen atoms in total. The van der Waals surface area contributed by atoms with Gasteiger partial charge in [0.15, 0.2) is 11.5 Å². The fourth-order valence-electron chi connectivity index (χ4n) is 1.96. The first-order chi connectivity index (χ1) is 9.92. The van der Waals surface area contributed by atoms with Gasteiger partial charge in [-0.1, -0.05) is 13.3 Å². The van der Waals surface area contributed by atoms with Gasteiger partial charge in [-0.25, -0.2) is 12.7 Å². The van der Waals surface area contributed by atoms with Crippen molar-refractivity contribution in [3.05, 3.63) is 17.7 Å². The number of rotatable bonds is 8. The molecule has 0 bridgehead atoms. The predicted octanol–water partition coefficient (Wildman–Crippen LogP) is 1.62. The van der Waals surface area contributed by atoms with E-state index < -0.39 is 10.0 Å². The number of nitrogens with zero attached hydrogens (tertiary/aromatic N) is 1. The largest absolute Gasteiger partial charge is 0.493 e. The van der Waals surface area contributed by atoms with Crippen molar-refractivity contribution in [1.82, 2.24) is 4.31 Å². The molecule has 0 aliphatic heterocycles. The number of unbranched alkanes of at least 4 members (excludes halogenated alkanes) is 1. The molecule has 0 spiro atoms. The summed E-state index contributed by atoms with van der Waals surface area (Å²) >= 11 is 0. The molecule has 0 aliphatic carbocycles. The van der Waals surface area contributed by atoms with E-state index in [2.05, 4.69) is 0 Å². The van der Waals surface area contributed by atoms with Crippen LogP contribution in [0.25, 0.3) is 0 Å². The molecule has 0 amide bonds. The van der Waals surface area contributed by atoms with Crippen molar-refractivity contribution in [3.8, 4) is 11.5 Å². The highest BCUT2D eigenvalue weighted by Gasteiger charge is 2.24. The molecular weight excluding hydrogens is 294 g/mol. The van der Waals surface area contributed by atoms with Crippen LogP contribution in [0.2, 0.25) is 0 Å². The first-order valence-corrected chi connectivity index (χ1v) is 8.18. The SMILES string of the molecule is CCCCN(C)S(=O)(=O)c1cc(CO)c(OC)c(OC)c1. The number of aliphatic hydroxyl groups is 1. The molecule has 7 heteroatoms. The number of ether oxygens (including phenoxy) is 2. The Hall–Kier alpha value is -1.31. The van der Waals surface area contributed by atoms with Crippen molar-refractivity contribution in [1.29, 1.82) is 0 Å². The van der Waals surface area contributed by atoms with Gasteiger partial charge in [0, 0.05) is 25.2 Å². The number of hydrogen-bond donors (Lipinski definition) is 1. The van der Waals surface area contributed by atoms with Crippen LogP contribution in [0.15, 0.2) is 17.0 Å². The standard InChI is InChI=1S/C14H23NO5S/c1-5-6-7-15(2)21(17,18)12-8-11(10-16)14(20-4)13(9-12)19-3/h8-9,16H,5-7,10H2,1-4H3. The zero-order valence-corrected chi connectivity index (χ0v) is 13.7. The van der Waals surface area contributed by atoms with E-state index in [-0.39, 0.29) is 17.3 Å². The molecule has 1 N–H and O–H groups in total. The van der Waals surface area contributed by atoms with Crippen LogP contribution in [0.1, 0.15) is 25.3 Å². The summed E-state index contributed by atoms with van der Waals surface area (Å²) in [5.41, 5.74) is 0.374. The molecule has 120 valence electrons. The van der Waals surface area contributed by atoms with Crippen LogP contribution in [0.4, 0.5) is 0 Å². The van der Waals surface area contributed by atoms with Crippen LogP contribution in [-0.4, -0.2) is 45.6 Å². The van der Waals surface area contributed by atoms with E-state index in [1.807, 2.05) is 6.92 Å². The lowest BCUT2D eigenvalue weighted by molar-refractivity contribution is 0.269. The molecule has 0 aliphatic rings. The Balaban J connectivity index is 3.30. The Morgan fingerprint density at radius 2 is 1.90 bits per heavy atom. The zero-order chi connectivity index (χ0) is 16.0. The quantitative estimate of drug-likeness (QED) is 0.788. The Kier molecular flexibility index (Phi) is 6.44. The van der Waals surface area contributed by atoms with E-state index in [0.29, 0.717) is 17.9 Å². The highest BCUT2D eigenvalue weighted by atomic mass is 32.2. The summed E-state index contributed by atoms with van der Waals surface area (Å²) in [5.74, 6) is 0.627. The minimum Gasteiger partial charge on any atom is -0.493 e. The molecule has 0 aromatic heterocycles. The van der Waals surface area contributed by atoms with E-state index in [1.165, 1.54) is 30.7 Å². The van der Waals surface area contributed by atoms with Gasteiger partial charge in [0.2, 0.25) is 10.0 Å². The molecule has 1 rings (SSSR count). The van der Waals surface area contributed by atoms with Gasteiger partial charge in [-0.2, -0.15) is 0 Å². The molecular formula is C14H23NO5S. The normalized spacial score (nSPS) is 11.7. The summed E-state index contributed by atoms with van der Waals surface area (Å²) in [6.07, 6.45) is 1.70. The topological polar surface area (TPSA) is 76.1 Å². The molecule has 0 heterocycles. The molecule has 0 unspecified atom stereocenters. The van der Waals surface area contributed by atoms with Crippen LogP contribution < -0.4 is 9.47 Å². The van der Waals surface area contributed by atoms with E-state index >= 15 is 0 Å². The molecule has 1 aromatic rings. The van der Waals surface area contributed by atoms with E-state index in [0.717, 1.165) is 12.8 Å². The average molecular weight is 317 g/mol. The highest BCUT2D eigenvalue weighted by Crippen LogP contribution is 2.34. The third kappa shape index (κ3) is 3.87. The minimum atomic E-state index is -3.61. The second-order valence-corrected chi connectivity index (χ2v) is 6.70. The number of methoxy groups -OCH3 is 2. The molecule has 0 radical (unpaired) electrons.